The van der Waals surface area contributed by atoms with Crippen LogP contribution in [0.1, 0.15) is 34.9 Å². The van der Waals surface area contributed by atoms with Crippen molar-refractivity contribution in [3.05, 3.63) is 75.1 Å². The second-order valence-electron chi connectivity index (χ2n) is 8.07. The summed E-state index contributed by atoms with van der Waals surface area (Å²) in [5, 5.41) is 30.9. The van der Waals surface area contributed by atoms with Crippen LogP contribution in [-0.4, -0.2) is 34.4 Å². The Hall–Kier alpha value is -3.49. The number of hydrogen-bond donors (Lipinski definition) is 4. The minimum absolute atomic E-state index is 0.0693. The molecule has 4 rings (SSSR count). The maximum absolute atomic E-state index is 12.9. The van der Waals surface area contributed by atoms with E-state index in [4.69, 9.17) is 27.4 Å². The second kappa shape index (κ2) is 9.40. The van der Waals surface area contributed by atoms with Crippen LogP contribution in [0.2, 0.25) is 5.02 Å². The number of amides is 1. The molecule has 4 N–H and O–H groups in total. The lowest BCUT2D eigenvalue weighted by molar-refractivity contribution is -0.116. The molecule has 174 valence electrons. The normalized spacial score (nSPS) is 15.4. The van der Waals surface area contributed by atoms with Gasteiger partial charge in [0.1, 0.15) is 28.5 Å². The monoisotopic (exact) mass is 493 g/mol. The van der Waals surface area contributed by atoms with Gasteiger partial charge in [0.25, 0.3) is 0 Å². The third kappa shape index (κ3) is 4.60. The van der Waals surface area contributed by atoms with E-state index in [9.17, 15) is 9.90 Å². The fourth-order valence-corrected chi connectivity index (χ4v) is 5.17. The van der Waals surface area contributed by atoms with Crippen molar-refractivity contribution in [1.82, 2.24) is 0 Å². The summed E-state index contributed by atoms with van der Waals surface area (Å²) < 4.78 is 0. The topological polar surface area (TPSA) is 113 Å². The van der Waals surface area contributed by atoms with Gasteiger partial charge in [-0.15, -0.1) is 11.3 Å². The molecule has 7 nitrogen and oxygen atoms in total. The van der Waals surface area contributed by atoms with Gasteiger partial charge >= 0.3 is 0 Å². The van der Waals surface area contributed by atoms with Crippen molar-refractivity contribution >= 4 is 56.9 Å². The molecule has 1 aliphatic heterocycles. The largest absolute Gasteiger partial charge is 0.508 e. The molecule has 1 aliphatic rings. The smallest absolute Gasteiger partial charge is 0.227 e. The Morgan fingerprint density at radius 2 is 1.82 bits per heavy atom. The molecule has 2 aromatic carbocycles. The number of phenolic OH excluding ortho intramolecular Hbond substituents is 1. The molecule has 1 atom stereocenters. The van der Waals surface area contributed by atoms with Crippen LogP contribution in [0.5, 0.6) is 5.75 Å². The van der Waals surface area contributed by atoms with Crippen molar-refractivity contribution in [2.75, 3.05) is 10.2 Å². The summed E-state index contributed by atoms with van der Waals surface area (Å²) in [5.41, 5.74) is 3.93. The van der Waals surface area contributed by atoms with E-state index < -0.39 is 6.04 Å². The van der Waals surface area contributed by atoms with Gasteiger partial charge in [-0.1, -0.05) is 23.7 Å². The lowest BCUT2D eigenvalue weighted by atomic mass is 9.99. The van der Waals surface area contributed by atoms with Crippen LogP contribution in [0.15, 0.2) is 53.5 Å². The van der Waals surface area contributed by atoms with Gasteiger partial charge in [-0.05, 0) is 62.7 Å². The van der Waals surface area contributed by atoms with Crippen molar-refractivity contribution in [3.63, 3.8) is 0 Å². The van der Waals surface area contributed by atoms with E-state index in [1.165, 1.54) is 23.5 Å². The standard InChI is InChI=1S/C25H24ClN5O2S/c1-13-14(2)34-25-22(13)23(16-4-6-17(26)7-5-16)30-20(24(28)31(25)15(3)27)12-21(33)29-18-8-10-19(32)11-9-18/h4-11,20,27-28,32H,12H2,1-3H3,(H,29,33)/t20-/m0/s1. The van der Waals surface area contributed by atoms with Crippen LogP contribution in [-0.2, 0) is 4.79 Å². The third-order valence-electron chi connectivity index (χ3n) is 5.63. The van der Waals surface area contributed by atoms with Crippen molar-refractivity contribution < 1.29 is 9.90 Å². The number of amidine groups is 2. The van der Waals surface area contributed by atoms with E-state index in [1.54, 1.807) is 36.1 Å². The summed E-state index contributed by atoms with van der Waals surface area (Å²) in [6, 6.07) is 12.7. The highest BCUT2D eigenvalue weighted by molar-refractivity contribution is 7.17. The Kier molecular flexibility index (Phi) is 6.54. The maximum atomic E-state index is 12.9. The number of phenols is 1. The van der Waals surface area contributed by atoms with Crippen molar-refractivity contribution in [2.24, 2.45) is 4.99 Å². The van der Waals surface area contributed by atoms with Gasteiger partial charge in [-0.3, -0.25) is 25.5 Å². The zero-order valence-electron chi connectivity index (χ0n) is 18.9. The molecule has 0 saturated carbocycles. The quantitative estimate of drug-likeness (QED) is 0.211. The summed E-state index contributed by atoms with van der Waals surface area (Å²) in [5.74, 6) is 0.0406. The number of hydrogen-bond acceptors (Lipinski definition) is 6. The summed E-state index contributed by atoms with van der Waals surface area (Å²) in [6.45, 7) is 5.65. The fourth-order valence-electron chi connectivity index (χ4n) is 3.82. The number of anilines is 2. The number of fused-ring (bicyclic) bond motifs is 1. The fraction of sp³-hybridized carbons (Fsp3) is 0.200. The number of thiophene rings is 1. The van der Waals surface area contributed by atoms with Gasteiger partial charge in [0.05, 0.1) is 12.1 Å². The number of benzene rings is 2. The molecule has 3 aromatic rings. The molecule has 0 radical (unpaired) electrons. The molecule has 0 unspecified atom stereocenters. The predicted molar refractivity (Wildman–Crippen MR) is 140 cm³/mol. The molecule has 0 spiro atoms. The maximum Gasteiger partial charge on any atom is 0.227 e. The Morgan fingerprint density at radius 3 is 2.44 bits per heavy atom. The molecule has 1 aromatic heterocycles. The van der Waals surface area contributed by atoms with Crippen molar-refractivity contribution in [1.29, 1.82) is 10.8 Å². The zero-order chi connectivity index (χ0) is 24.6. The van der Waals surface area contributed by atoms with Crippen molar-refractivity contribution in [3.8, 4) is 5.75 Å². The highest BCUT2D eigenvalue weighted by atomic mass is 35.5. The first kappa shape index (κ1) is 23.7. The first-order valence-electron chi connectivity index (χ1n) is 10.6. The first-order valence-corrected chi connectivity index (χ1v) is 11.8. The molecule has 9 heteroatoms. The minimum Gasteiger partial charge on any atom is -0.508 e. The number of carbonyl (C=O) groups excluding carboxylic acids is 1. The van der Waals surface area contributed by atoms with Gasteiger partial charge in [0.15, 0.2) is 0 Å². The number of carbonyl (C=O) groups is 1. The number of aliphatic imine (C=N–C) groups is 1. The van der Waals surface area contributed by atoms with Crippen molar-refractivity contribution in [2.45, 2.75) is 33.2 Å². The number of halogens is 1. The van der Waals surface area contributed by atoms with Crippen LogP contribution in [0.25, 0.3) is 0 Å². The summed E-state index contributed by atoms with van der Waals surface area (Å²) >= 11 is 7.62. The molecule has 0 saturated heterocycles. The summed E-state index contributed by atoms with van der Waals surface area (Å²) in [4.78, 5) is 20.5. The second-order valence-corrected chi connectivity index (χ2v) is 9.71. The molecular weight excluding hydrogens is 470 g/mol. The highest BCUT2D eigenvalue weighted by Crippen LogP contribution is 2.40. The Bertz CT molecular complexity index is 1310. The van der Waals surface area contributed by atoms with Crippen LogP contribution < -0.4 is 10.2 Å². The summed E-state index contributed by atoms with van der Waals surface area (Å²) in [6.07, 6.45) is -0.0758. The van der Waals surface area contributed by atoms with Gasteiger partial charge in [-0.2, -0.15) is 0 Å². The minimum atomic E-state index is -0.803. The van der Waals surface area contributed by atoms with Crippen LogP contribution >= 0.6 is 22.9 Å². The molecule has 0 bridgehead atoms. The average Bonchev–Trinajstić information content (AvgIpc) is 3.00. The van der Waals surface area contributed by atoms with E-state index in [0.717, 1.165) is 26.6 Å². The van der Waals surface area contributed by atoms with E-state index in [1.807, 2.05) is 26.0 Å². The van der Waals surface area contributed by atoms with Gasteiger partial charge < -0.3 is 10.4 Å². The Labute approximate surface area is 206 Å². The number of aromatic hydroxyl groups is 1. The number of nitrogens with one attached hydrogen (secondary N) is 3. The number of rotatable bonds is 4. The van der Waals surface area contributed by atoms with E-state index in [2.05, 4.69) is 5.32 Å². The van der Waals surface area contributed by atoms with E-state index in [-0.39, 0.29) is 29.7 Å². The number of aryl methyl sites for hydroxylation is 1. The van der Waals surface area contributed by atoms with Gasteiger partial charge in [0, 0.05) is 26.7 Å². The lowest BCUT2D eigenvalue weighted by Crippen LogP contribution is -2.41. The molecular formula is C25H24ClN5O2S. The van der Waals surface area contributed by atoms with E-state index in [0.29, 0.717) is 16.4 Å². The molecule has 0 fully saturated rings. The molecule has 0 aliphatic carbocycles. The number of nitrogens with zero attached hydrogens (tertiary/aromatic N) is 2. The highest BCUT2D eigenvalue weighted by Gasteiger charge is 2.34. The SMILES string of the molecule is CC(=N)N1C(=N)[C@H](CC(=O)Nc2ccc(O)cc2)N=C(c2ccc(Cl)cc2)c2c1sc(C)c2C. The zero-order valence-corrected chi connectivity index (χ0v) is 20.5. The van der Waals surface area contributed by atoms with Gasteiger partial charge in [0.2, 0.25) is 5.91 Å². The van der Waals surface area contributed by atoms with Crippen LogP contribution in [0.3, 0.4) is 0 Å². The molecule has 2 heterocycles. The summed E-state index contributed by atoms with van der Waals surface area (Å²) in [7, 11) is 0. The Morgan fingerprint density at radius 1 is 1.18 bits per heavy atom. The first-order chi connectivity index (χ1) is 16.2. The van der Waals surface area contributed by atoms with Gasteiger partial charge in [-0.25, -0.2) is 0 Å². The van der Waals surface area contributed by atoms with Crippen LogP contribution in [0.4, 0.5) is 10.7 Å². The van der Waals surface area contributed by atoms with Crippen LogP contribution in [0, 0.1) is 24.7 Å². The lowest BCUT2D eigenvalue weighted by Gasteiger charge is -2.24. The Balaban J connectivity index is 1.79. The molecule has 1 amide bonds. The predicted octanol–water partition coefficient (Wildman–Crippen LogP) is 5.75. The van der Waals surface area contributed by atoms with E-state index >= 15 is 0 Å². The molecule has 34 heavy (non-hydrogen) atoms. The third-order valence-corrected chi connectivity index (χ3v) is 7.08. The average molecular weight is 494 g/mol.